The Labute approximate surface area is 75.6 Å². The van der Waals surface area contributed by atoms with Crippen molar-refractivity contribution in [2.75, 3.05) is 6.54 Å². The van der Waals surface area contributed by atoms with Crippen molar-refractivity contribution in [3.8, 4) is 6.19 Å². The molecule has 0 amide bonds. The topological polar surface area (TPSA) is 75.7 Å². The molecule has 2 heterocycles. The first kappa shape index (κ1) is 8.08. The lowest BCUT2D eigenvalue weighted by molar-refractivity contribution is 0.276. The minimum absolute atomic E-state index is 0.0540. The maximum atomic E-state index is 8.90. The summed E-state index contributed by atoms with van der Waals surface area (Å²) in [4.78, 5) is 8.87. The summed E-state index contributed by atoms with van der Waals surface area (Å²) >= 11 is 0. The Hall–Kier alpha value is -1.54. The number of H-pyrrole nitrogens is 1. The summed E-state index contributed by atoms with van der Waals surface area (Å²) in [6, 6.07) is 0.101. The summed E-state index contributed by atoms with van der Waals surface area (Å²) in [6.07, 6.45) is 2.05. The zero-order chi connectivity index (χ0) is 9.42. The van der Waals surface area contributed by atoms with Crippen LogP contribution < -0.4 is 0 Å². The summed E-state index contributed by atoms with van der Waals surface area (Å²) in [6.45, 7) is 2.54. The van der Waals surface area contributed by atoms with Crippen LogP contribution in [0.15, 0.2) is 0 Å². The molecule has 0 aliphatic carbocycles. The van der Waals surface area contributed by atoms with Crippen LogP contribution in [0.4, 0.5) is 0 Å². The molecular formula is C8H10N4O. The average Bonchev–Trinajstić information content (AvgIpc) is 2.83. The molecule has 1 aliphatic rings. The van der Waals surface area contributed by atoms with Crippen LogP contribution in [0.2, 0.25) is 0 Å². The Bertz CT molecular complexity index is 365. The standard InChI is InChI=1S/C8H10N4O/c1-5-6(3-13)11-8(10-5)7-2-12(7)4-9/h7,13H,2-3H2,1H3,(H,10,11). The van der Waals surface area contributed by atoms with Crippen LogP contribution >= 0.6 is 0 Å². The van der Waals surface area contributed by atoms with Gasteiger partial charge in [-0.1, -0.05) is 0 Å². The third kappa shape index (κ3) is 1.25. The SMILES string of the molecule is Cc1[nH]c(C2CN2C#N)nc1CO. The molecule has 0 radical (unpaired) electrons. The number of imidazole rings is 1. The van der Waals surface area contributed by atoms with Gasteiger partial charge in [-0.3, -0.25) is 4.90 Å². The summed E-state index contributed by atoms with van der Waals surface area (Å²) < 4.78 is 0. The highest BCUT2D eigenvalue weighted by atomic mass is 16.3. The van der Waals surface area contributed by atoms with E-state index in [9.17, 15) is 0 Å². The number of nitrogens with zero attached hydrogens (tertiary/aromatic N) is 3. The van der Waals surface area contributed by atoms with Crippen molar-refractivity contribution in [2.45, 2.75) is 19.6 Å². The fraction of sp³-hybridized carbons (Fsp3) is 0.500. The van der Waals surface area contributed by atoms with Crippen LogP contribution in [-0.4, -0.2) is 26.5 Å². The lowest BCUT2D eigenvalue weighted by Gasteiger charge is -1.88. The van der Waals surface area contributed by atoms with E-state index in [0.29, 0.717) is 5.69 Å². The maximum Gasteiger partial charge on any atom is 0.180 e. The van der Waals surface area contributed by atoms with Gasteiger partial charge >= 0.3 is 0 Å². The third-order valence-corrected chi connectivity index (χ3v) is 2.21. The Morgan fingerprint density at radius 2 is 2.62 bits per heavy atom. The highest BCUT2D eigenvalue weighted by Crippen LogP contribution is 2.31. The quantitative estimate of drug-likeness (QED) is 0.495. The van der Waals surface area contributed by atoms with Gasteiger partial charge in [0.1, 0.15) is 11.9 Å². The van der Waals surface area contributed by atoms with E-state index in [1.54, 1.807) is 4.90 Å². The predicted molar refractivity (Wildman–Crippen MR) is 44.3 cm³/mol. The van der Waals surface area contributed by atoms with Crippen LogP contribution in [0.3, 0.4) is 0 Å². The van der Waals surface area contributed by atoms with Crippen molar-refractivity contribution in [1.82, 2.24) is 14.9 Å². The van der Waals surface area contributed by atoms with E-state index in [2.05, 4.69) is 9.97 Å². The van der Waals surface area contributed by atoms with Gasteiger partial charge in [-0.25, -0.2) is 4.98 Å². The molecule has 0 bridgehead atoms. The number of aromatic nitrogens is 2. The number of aliphatic hydroxyl groups excluding tert-OH is 1. The minimum atomic E-state index is -0.0540. The molecule has 5 nitrogen and oxygen atoms in total. The molecule has 2 N–H and O–H groups in total. The van der Waals surface area contributed by atoms with Gasteiger partial charge in [0.25, 0.3) is 0 Å². The van der Waals surface area contributed by atoms with E-state index < -0.39 is 0 Å². The molecule has 1 fully saturated rings. The number of hydrogen-bond acceptors (Lipinski definition) is 4. The molecule has 13 heavy (non-hydrogen) atoms. The highest BCUT2D eigenvalue weighted by molar-refractivity contribution is 5.19. The van der Waals surface area contributed by atoms with Crippen molar-refractivity contribution in [3.63, 3.8) is 0 Å². The number of aromatic amines is 1. The first-order valence-corrected chi connectivity index (χ1v) is 4.09. The van der Waals surface area contributed by atoms with E-state index in [-0.39, 0.29) is 12.6 Å². The molecule has 0 spiro atoms. The number of aryl methyl sites for hydroxylation is 1. The van der Waals surface area contributed by atoms with Gasteiger partial charge in [0.05, 0.1) is 18.8 Å². The van der Waals surface area contributed by atoms with Crippen molar-refractivity contribution in [1.29, 1.82) is 5.26 Å². The van der Waals surface area contributed by atoms with E-state index >= 15 is 0 Å². The zero-order valence-electron chi connectivity index (χ0n) is 7.28. The fourth-order valence-corrected chi connectivity index (χ4v) is 1.32. The van der Waals surface area contributed by atoms with Crippen molar-refractivity contribution >= 4 is 0 Å². The van der Waals surface area contributed by atoms with Crippen LogP contribution in [-0.2, 0) is 6.61 Å². The van der Waals surface area contributed by atoms with Crippen LogP contribution in [0.25, 0.3) is 0 Å². The van der Waals surface area contributed by atoms with E-state index in [0.717, 1.165) is 18.1 Å². The fourth-order valence-electron chi connectivity index (χ4n) is 1.32. The van der Waals surface area contributed by atoms with E-state index in [1.165, 1.54) is 0 Å². The number of nitrogens with one attached hydrogen (secondary N) is 1. The number of aliphatic hydroxyl groups is 1. The molecule has 5 heteroatoms. The van der Waals surface area contributed by atoms with Gasteiger partial charge in [-0.05, 0) is 6.92 Å². The lowest BCUT2D eigenvalue weighted by atomic mass is 10.4. The monoisotopic (exact) mass is 178 g/mol. The molecule has 1 aromatic heterocycles. The zero-order valence-corrected chi connectivity index (χ0v) is 7.28. The number of rotatable bonds is 2. The number of nitriles is 1. The van der Waals surface area contributed by atoms with Crippen molar-refractivity contribution in [3.05, 3.63) is 17.2 Å². The van der Waals surface area contributed by atoms with E-state index in [1.807, 2.05) is 13.1 Å². The molecule has 0 saturated carbocycles. The van der Waals surface area contributed by atoms with Gasteiger partial charge in [-0.2, -0.15) is 5.26 Å². The molecule has 1 unspecified atom stereocenters. The maximum absolute atomic E-state index is 8.90. The second-order valence-electron chi connectivity index (χ2n) is 3.12. The Balaban J connectivity index is 2.20. The Morgan fingerprint density at radius 1 is 1.85 bits per heavy atom. The molecule has 2 rings (SSSR count). The minimum Gasteiger partial charge on any atom is -0.390 e. The molecular weight excluding hydrogens is 168 g/mol. The smallest absolute Gasteiger partial charge is 0.180 e. The normalized spacial score (nSPS) is 20.1. The summed E-state index contributed by atoms with van der Waals surface area (Å²) in [5, 5.41) is 17.5. The van der Waals surface area contributed by atoms with Crippen LogP contribution in [0, 0.1) is 18.4 Å². The first-order chi connectivity index (χ1) is 6.26. The lowest BCUT2D eigenvalue weighted by Crippen LogP contribution is -1.90. The first-order valence-electron chi connectivity index (χ1n) is 4.09. The number of hydrogen-bond donors (Lipinski definition) is 2. The summed E-state index contributed by atoms with van der Waals surface area (Å²) in [7, 11) is 0. The Kier molecular flexibility index (Phi) is 1.71. The molecule has 1 saturated heterocycles. The highest BCUT2D eigenvalue weighted by Gasteiger charge is 2.37. The predicted octanol–water partition coefficient (Wildman–Crippen LogP) is 0.0482. The van der Waals surface area contributed by atoms with Crippen molar-refractivity contribution < 1.29 is 5.11 Å². The summed E-state index contributed by atoms with van der Waals surface area (Å²) in [5.74, 6) is 0.781. The van der Waals surface area contributed by atoms with Gasteiger partial charge < -0.3 is 10.1 Å². The largest absolute Gasteiger partial charge is 0.390 e. The average molecular weight is 178 g/mol. The van der Waals surface area contributed by atoms with E-state index in [4.69, 9.17) is 10.4 Å². The Morgan fingerprint density at radius 3 is 3.08 bits per heavy atom. The van der Waals surface area contributed by atoms with Gasteiger partial charge in [0, 0.05) is 5.69 Å². The van der Waals surface area contributed by atoms with Gasteiger partial charge in [0.2, 0.25) is 0 Å². The summed E-state index contributed by atoms with van der Waals surface area (Å²) in [5.41, 5.74) is 1.54. The molecule has 1 aliphatic heterocycles. The van der Waals surface area contributed by atoms with Crippen molar-refractivity contribution in [2.24, 2.45) is 0 Å². The van der Waals surface area contributed by atoms with Gasteiger partial charge in [0.15, 0.2) is 6.19 Å². The third-order valence-electron chi connectivity index (χ3n) is 2.21. The second-order valence-corrected chi connectivity index (χ2v) is 3.12. The van der Waals surface area contributed by atoms with Crippen LogP contribution in [0.5, 0.6) is 0 Å². The molecule has 1 aromatic rings. The van der Waals surface area contributed by atoms with Crippen LogP contribution in [0.1, 0.15) is 23.3 Å². The molecule has 68 valence electrons. The second kappa shape index (κ2) is 2.75. The van der Waals surface area contributed by atoms with Gasteiger partial charge in [-0.15, -0.1) is 0 Å². The molecule has 1 atom stereocenters. The molecule has 0 aromatic carbocycles.